The number of aromatic amines is 1. The quantitative estimate of drug-likeness (QED) is 0.364. The van der Waals surface area contributed by atoms with Gasteiger partial charge >= 0.3 is 0 Å². The van der Waals surface area contributed by atoms with Crippen molar-refractivity contribution in [2.75, 3.05) is 0 Å². The van der Waals surface area contributed by atoms with Crippen LogP contribution in [0.3, 0.4) is 0 Å². The van der Waals surface area contributed by atoms with Crippen LogP contribution < -0.4 is 0 Å². The lowest BCUT2D eigenvalue weighted by atomic mass is 10.1. The van der Waals surface area contributed by atoms with Crippen molar-refractivity contribution in [3.63, 3.8) is 0 Å². The highest BCUT2D eigenvalue weighted by Crippen LogP contribution is 2.30. The van der Waals surface area contributed by atoms with Crippen LogP contribution in [0.25, 0.3) is 11.3 Å². The predicted molar refractivity (Wildman–Crippen MR) is 109 cm³/mol. The van der Waals surface area contributed by atoms with Gasteiger partial charge in [-0.05, 0) is 68.6 Å². The Morgan fingerprint density at radius 1 is 0.913 bits per heavy atom. The van der Waals surface area contributed by atoms with Crippen molar-refractivity contribution in [2.45, 2.75) is 13.3 Å². The molecule has 1 aromatic heterocycles. The Morgan fingerprint density at radius 3 is 2.39 bits per heavy atom. The highest BCUT2D eigenvalue weighted by molar-refractivity contribution is 9.13. The smallest absolute Gasteiger partial charge is 0.111 e. The molecule has 0 aliphatic heterocycles. The molecule has 0 unspecified atom stereocenters. The molecular weight excluding hydrogens is 552 g/mol. The summed E-state index contributed by atoms with van der Waals surface area (Å²) in [7, 11) is 0. The monoisotopic (exact) mass is 560 g/mol. The minimum Gasteiger partial charge on any atom is -0.345 e. The van der Waals surface area contributed by atoms with E-state index in [0.717, 1.165) is 47.1 Å². The lowest BCUT2D eigenvalue weighted by Crippen LogP contribution is -1.92. The van der Waals surface area contributed by atoms with E-state index in [4.69, 9.17) is 4.98 Å². The molecule has 0 atom stereocenters. The van der Waals surface area contributed by atoms with Crippen molar-refractivity contribution >= 4 is 63.7 Å². The number of hydrogen-bond acceptors (Lipinski definition) is 1. The lowest BCUT2D eigenvalue weighted by Gasteiger charge is -2.03. The Labute approximate surface area is 168 Å². The molecule has 6 heteroatoms. The SMILES string of the molecule is Cc1[nH]c(Cc2ccc(Br)cc2Br)nc1-c1ccc(Br)c(Br)c1. The van der Waals surface area contributed by atoms with Gasteiger partial charge in [0.25, 0.3) is 0 Å². The summed E-state index contributed by atoms with van der Waals surface area (Å²) in [5.74, 6) is 0.958. The van der Waals surface area contributed by atoms with Gasteiger partial charge in [0.05, 0.1) is 5.69 Å². The fourth-order valence-corrected chi connectivity index (χ4v) is 4.19. The molecule has 0 spiro atoms. The van der Waals surface area contributed by atoms with E-state index in [1.54, 1.807) is 0 Å². The molecule has 0 bridgehead atoms. The normalized spacial score (nSPS) is 11.0. The number of nitrogens with one attached hydrogen (secondary N) is 1. The maximum absolute atomic E-state index is 4.79. The molecule has 0 saturated carbocycles. The van der Waals surface area contributed by atoms with E-state index in [1.807, 2.05) is 12.1 Å². The Hall–Kier alpha value is -0.430. The Morgan fingerprint density at radius 2 is 1.70 bits per heavy atom. The zero-order valence-electron chi connectivity index (χ0n) is 12.1. The number of hydrogen-bond donors (Lipinski definition) is 1. The van der Waals surface area contributed by atoms with Gasteiger partial charge in [-0.15, -0.1) is 0 Å². The summed E-state index contributed by atoms with van der Waals surface area (Å²) < 4.78 is 4.20. The number of halogens is 4. The molecule has 0 amide bonds. The first kappa shape index (κ1) is 17.4. The van der Waals surface area contributed by atoms with Crippen molar-refractivity contribution in [3.8, 4) is 11.3 Å². The second-order valence-corrected chi connectivity index (χ2v) is 8.68. The van der Waals surface area contributed by atoms with Crippen LogP contribution in [-0.2, 0) is 6.42 Å². The first-order valence-electron chi connectivity index (χ1n) is 6.89. The fraction of sp³-hybridized carbons (Fsp3) is 0.118. The molecule has 3 rings (SSSR count). The highest BCUT2D eigenvalue weighted by atomic mass is 79.9. The van der Waals surface area contributed by atoms with Gasteiger partial charge in [-0.3, -0.25) is 0 Å². The fourth-order valence-electron chi connectivity index (χ4n) is 2.38. The topological polar surface area (TPSA) is 28.7 Å². The summed E-state index contributed by atoms with van der Waals surface area (Å²) in [5, 5.41) is 0. The standard InChI is InChI=1S/C17H12Br4N2/c1-9-17(11-3-5-13(19)15(21)6-11)23-16(22-9)7-10-2-4-12(18)8-14(10)20/h2-6,8H,7H2,1H3,(H,22,23). The van der Waals surface area contributed by atoms with Crippen LogP contribution in [0.4, 0.5) is 0 Å². The zero-order valence-corrected chi connectivity index (χ0v) is 18.5. The maximum Gasteiger partial charge on any atom is 0.111 e. The average Bonchev–Trinajstić information content (AvgIpc) is 2.86. The Kier molecular flexibility index (Phi) is 5.46. The molecule has 1 heterocycles. The van der Waals surface area contributed by atoms with Gasteiger partial charge in [0.2, 0.25) is 0 Å². The van der Waals surface area contributed by atoms with Gasteiger partial charge in [-0.1, -0.05) is 44.0 Å². The third kappa shape index (κ3) is 3.98. The van der Waals surface area contributed by atoms with Crippen LogP contribution >= 0.6 is 63.7 Å². The summed E-state index contributed by atoms with van der Waals surface area (Å²) in [5.41, 5.74) is 4.35. The second kappa shape index (κ2) is 7.21. The summed E-state index contributed by atoms with van der Waals surface area (Å²) in [6, 6.07) is 12.4. The molecule has 1 N–H and O–H groups in total. The number of aromatic nitrogens is 2. The van der Waals surface area contributed by atoms with Crippen LogP contribution in [0, 0.1) is 6.92 Å². The Balaban J connectivity index is 1.93. The molecule has 23 heavy (non-hydrogen) atoms. The van der Waals surface area contributed by atoms with Crippen LogP contribution in [0.15, 0.2) is 54.3 Å². The molecule has 0 saturated heterocycles. The number of H-pyrrole nitrogens is 1. The molecule has 0 aliphatic carbocycles. The molecule has 3 aromatic rings. The molecule has 0 fully saturated rings. The zero-order chi connectivity index (χ0) is 16.6. The molecule has 0 radical (unpaired) electrons. The highest BCUT2D eigenvalue weighted by Gasteiger charge is 2.12. The summed E-state index contributed by atoms with van der Waals surface area (Å²) in [4.78, 5) is 8.18. The molecular formula is C17H12Br4N2. The van der Waals surface area contributed by atoms with Crippen LogP contribution in [0.5, 0.6) is 0 Å². The van der Waals surface area contributed by atoms with Crippen molar-refractivity contribution < 1.29 is 0 Å². The van der Waals surface area contributed by atoms with E-state index in [1.165, 1.54) is 5.56 Å². The Bertz CT molecular complexity index is 871. The van der Waals surface area contributed by atoms with Gasteiger partial charge < -0.3 is 4.98 Å². The predicted octanol–water partition coefficient (Wildman–Crippen LogP) is 7.03. The van der Waals surface area contributed by atoms with E-state index in [-0.39, 0.29) is 0 Å². The van der Waals surface area contributed by atoms with Gasteiger partial charge in [0, 0.05) is 35.6 Å². The van der Waals surface area contributed by atoms with Gasteiger partial charge in [-0.25, -0.2) is 4.98 Å². The van der Waals surface area contributed by atoms with Crippen LogP contribution in [0.2, 0.25) is 0 Å². The van der Waals surface area contributed by atoms with Crippen LogP contribution in [-0.4, -0.2) is 9.97 Å². The first-order valence-corrected chi connectivity index (χ1v) is 10.1. The van der Waals surface area contributed by atoms with Gasteiger partial charge in [-0.2, -0.15) is 0 Å². The first-order chi connectivity index (χ1) is 10.9. The minimum atomic E-state index is 0.756. The number of nitrogens with zero attached hydrogens (tertiary/aromatic N) is 1. The average molecular weight is 564 g/mol. The van der Waals surface area contributed by atoms with E-state index in [0.29, 0.717) is 0 Å². The van der Waals surface area contributed by atoms with Crippen molar-refractivity contribution in [1.29, 1.82) is 0 Å². The summed E-state index contributed by atoms with van der Waals surface area (Å²) in [6.07, 6.45) is 0.756. The third-order valence-corrected chi connectivity index (χ3v) is 6.61. The van der Waals surface area contributed by atoms with E-state index in [2.05, 4.69) is 99.9 Å². The number of aryl methyl sites for hydroxylation is 1. The van der Waals surface area contributed by atoms with Gasteiger partial charge in [0.15, 0.2) is 0 Å². The van der Waals surface area contributed by atoms with E-state index in [9.17, 15) is 0 Å². The second-order valence-electron chi connectivity index (χ2n) is 5.20. The molecule has 0 aliphatic rings. The number of benzene rings is 2. The molecule has 2 aromatic carbocycles. The number of imidazole rings is 1. The largest absolute Gasteiger partial charge is 0.345 e. The maximum atomic E-state index is 4.79. The minimum absolute atomic E-state index is 0.756. The lowest BCUT2D eigenvalue weighted by molar-refractivity contribution is 1.01. The van der Waals surface area contributed by atoms with E-state index < -0.39 is 0 Å². The van der Waals surface area contributed by atoms with Gasteiger partial charge in [0.1, 0.15) is 5.82 Å². The third-order valence-electron chi connectivity index (χ3n) is 3.50. The van der Waals surface area contributed by atoms with E-state index >= 15 is 0 Å². The number of rotatable bonds is 3. The van der Waals surface area contributed by atoms with Crippen molar-refractivity contribution in [1.82, 2.24) is 9.97 Å². The summed E-state index contributed by atoms with van der Waals surface area (Å²) in [6.45, 7) is 2.05. The summed E-state index contributed by atoms with van der Waals surface area (Å²) >= 11 is 14.1. The van der Waals surface area contributed by atoms with Crippen molar-refractivity contribution in [2.24, 2.45) is 0 Å². The molecule has 118 valence electrons. The van der Waals surface area contributed by atoms with Crippen molar-refractivity contribution in [3.05, 3.63) is 71.4 Å². The molecule has 2 nitrogen and oxygen atoms in total. The van der Waals surface area contributed by atoms with Crippen LogP contribution in [0.1, 0.15) is 17.1 Å².